The van der Waals surface area contributed by atoms with Gasteiger partial charge in [-0.2, -0.15) is 0 Å². The second kappa shape index (κ2) is 5.79. The zero-order valence-corrected chi connectivity index (χ0v) is 11.8. The fourth-order valence-corrected chi connectivity index (χ4v) is 2.49. The molecule has 1 aromatic heterocycles. The van der Waals surface area contributed by atoms with Crippen LogP contribution in [0.15, 0.2) is 59.5 Å². The maximum Gasteiger partial charge on any atom is 0.180 e. The molecule has 0 aliphatic rings. The monoisotopic (exact) mass is 282 g/mol. The van der Waals surface area contributed by atoms with E-state index in [0.717, 1.165) is 27.6 Å². The van der Waals surface area contributed by atoms with Crippen LogP contribution in [-0.4, -0.2) is 17.0 Å². The summed E-state index contributed by atoms with van der Waals surface area (Å²) < 4.78 is 3.25. The van der Waals surface area contributed by atoms with E-state index >= 15 is 0 Å². The number of rotatable bonds is 4. The number of fused-ring (bicyclic) bond motifs is 1. The maximum absolute atomic E-state index is 4.60. The summed E-state index contributed by atoms with van der Waals surface area (Å²) in [5, 5.41) is 3.07. The summed E-state index contributed by atoms with van der Waals surface area (Å²) in [6.07, 6.45) is 0. The lowest BCUT2D eigenvalue weighted by Gasteiger charge is -2.10. The summed E-state index contributed by atoms with van der Waals surface area (Å²) in [5.41, 5.74) is 1.76. The van der Waals surface area contributed by atoms with Crippen molar-refractivity contribution in [1.82, 2.24) is 9.97 Å². The number of nitrogens with zero attached hydrogens (tertiary/aromatic N) is 2. The van der Waals surface area contributed by atoms with E-state index < -0.39 is 0 Å². The molecule has 1 heterocycles. The molecule has 4 nitrogen and oxygen atoms in total. The van der Waals surface area contributed by atoms with E-state index in [9.17, 15) is 0 Å². The van der Waals surface area contributed by atoms with Gasteiger partial charge in [-0.3, -0.25) is 0 Å². The van der Waals surface area contributed by atoms with Gasteiger partial charge in [-0.1, -0.05) is 30.3 Å². The van der Waals surface area contributed by atoms with Crippen LogP contribution >= 0.6 is 11.9 Å². The van der Waals surface area contributed by atoms with Gasteiger partial charge in [0.1, 0.15) is 0 Å². The van der Waals surface area contributed by atoms with Crippen LogP contribution in [0.4, 0.5) is 11.6 Å². The number of anilines is 2. The smallest absolute Gasteiger partial charge is 0.180 e. The third-order valence-corrected chi connectivity index (χ3v) is 3.62. The van der Waals surface area contributed by atoms with E-state index in [1.807, 2.05) is 61.6 Å². The lowest BCUT2D eigenvalue weighted by molar-refractivity contribution is 1.27. The van der Waals surface area contributed by atoms with E-state index in [4.69, 9.17) is 0 Å². The molecule has 0 atom stereocenters. The molecule has 0 fully saturated rings. The molecule has 0 bridgehead atoms. The van der Waals surface area contributed by atoms with Crippen molar-refractivity contribution in [2.24, 2.45) is 0 Å². The molecule has 100 valence electrons. The van der Waals surface area contributed by atoms with Crippen molar-refractivity contribution in [3.8, 4) is 0 Å². The zero-order valence-electron chi connectivity index (χ0n) is 11.0. The standard InChI is InChI=1S/C15H14N4S/c1-16-14-15(19-20-11-7-3-2-4-8-11)18-13-10-6-5-9-12(13)17-14/h2-10H,1H3,(H,16,17)(H,18,19). The summed E-state index contributed by atoms with van der Waals surface area (Å²) in [6.45, 7) is 0. The van der Waals surface area contributed by atoms with Crippen molar-refractivity contribution in [1.29, 1.82) is 0 Å². The molecule has 0 aliphatic heterocycles. The Hall–Kier alpha value is -2.27. The predicted octanol–water partition coefficient (Wildman–Crippen LogP) is 3.79. The van der Waals surface area contributed by atoms with Crippen molar-refractivity contribution < 1.29 is 0 Å². The number of hydrogen-bond donors (Lipinski definition) is 2. The largest absolute Gasteiger partial charge is 0.370 e. The van der Waals surface area contributed by atoms with Crippen molar-refractivity contribution in [3.05, 3.63) is 54.6 Å². The number of benzene rings is 2. The minimum atomic E-state index is 0.736. The van der Waals surface area contributed by atoms with Gasteiger partial charge in [0, 0.05) is 11.9 Å². The quantitative estimate of drug-likeness (QED) is 0.713. The third-order valence-electron chi connectivity index (χ3n) is 2.82. The molecule has 0 unspecified atom stereocenters. The van der Waals surface area contributed by atoms with Crippen LogP contribution in [0.25, 0.3) is 11.0 Å². The van der Waals surface area contributed by atoms with Gasteiger partial charge in [0.05, 0.1) is 11.0 Å². The second-order valence-electron chi connectivity index (χ2n) is 4.18. The van der Waals surface area contributed by atoms with Crippen LogP contribution in [-0.2, 0) is 0 Å². The number of aromatic nitrogens is 2. The molecule has 0 saturated heterocycles. The summed E-state index contributed by atoms with van der Waals surface area (Å²) in [4.78, 5) is 10.3. The van der Waals surface area contributed by atoms with Crippen LogP contribution < -0.4 is 10.0 Å². The minimum Gasteiger partial charge on any atom is -0.370 e. The van der Waals surface area contributed by atoms with E-state index in [2.05, 4.69) is 20.0 Å². The van der Waals surface area contributed by atoms with Crippen LogP contribution in [0.1, 0.15) is 0 Å². The van der Waals surface area contributed by atoms with E-state index in [1.54, 1.807) is 0 Å². The van der Waals surface area contributed by atoms with Gasteiger partial charge in [0.25, 0.3) is 0 Å². The Labute approximate surface area is 121 Å². The van der Waals surface area contributed by atoms with E-state index in [1.165, 1.54) is 11.9 Å². The molecule has 0 radical (unpaired) electrons. The molecule has 3 aromatic rings. The molecular formula is C15H14N4S. The number of hydrogen-bond acceptors (Lipinski definition) is 5. The Bertz CT molecular complexity index is 715. The highest BCUT2D eigenvalue weighted by atomic mass is 32.2. The summed E-state index contributed by atoms with van der Waals surface area (Å²) in [6, 6.07) is 17.9. The number of para-hydroxylation sites is 2. The lowest BCUT2D eigenvalue weighted by Crippen LogP contribution is -2.01. The van der Waals surface area contributed by atoms with Gasteiger partial charge < -0.3 is 10.0 Å². The summed E-state index contributed by atoms with van der Waals surface area (Å²) in [7, 11) is 1.84. The average molecular weight is 282 g/mol. The Morgan fingerprint density at radius 1 is 0.800 bits per heavy atom. The Morgan fingerprint density at radius 2 is 1.40 bits per heavy atom. The van der Waals surface area contributed by atoms with Gasteiger partial charge >= 0.3 is 0 Å². The molecule has 2 aromatic carbocycles. The van der Waals surface area contributed by atoms with Crippen molar-refractivity contribution in [2.75, 3.05) is 17.1 Å². The topological polar surface area (TPSA) is 49.8 Å². The molecule has 0 aliphatic carbocycles. The van der Waals surface area contributed by atoms with Crippen LogP contribution in [0, 0.1) is 0 Å². The van der Waals surface area contributed by atoms with Crippen LogP contribution in [0.5, 0.6) is 0 Å². The first kappa shape index (κ1) is 12.7. The molecule has 0 amide bonds. The second-order valence-corrected chi connectivity index (χ2v) is 5.06. The van der Waals surface area contributed by atoms with Gasteiger partial charge in [0.15, 0.2) is 11.6 Å². The molecule has 3 rings (SSSR count). The molecule has 0 saturated carbocycles. The Kier molecular flexibility index (Phi) is 3.69. The minimum absolute atomic E-state index is 0.736. The van der Waals surface area contributed by atoms with E-state index in [-0.39, 0.29) is 0 Å². The van der Waals surface area contributed by atoms with Crippen LogP contribution in [0.3, 0.4) is 0 Å². The lowest BCUT2D eigenvalue weighted by atomic mass is 10.3. The van der Waals surface area contributed by atoms with Gasteiger partial charge in [0.2, 0.25) is 0 Å². The highest BCUT2D eigenvalue weighted by Crippen LogP contribution is 2.26. The van der Waals surface area contributed by atoms with Crippen LogP contribution in [0.2, 0.25) is 0 Å². The fraction of sp³-hybridized carbons (Fsp3) is 0.0667. The van der Waals surface area contributed by atoms with Gasteiger partial charge in [-0.25, -0.2) is 9.97 Å². The van der Waals surface area contributed by atoms with E-state index in [0.29, 0.717) is 0 Å². The molecule has 5 heteroatoms. The molecule has 2 N–H and O–H groups in total. The summed E-state index contributed by atoms with van der Waals surface area (Å²) in [5.74, 6) is 1.48. The number of nitrogens with one attached hydrogen (secondary N) is 2. The normalized spacial score (nSPS) is 10.4. The van der Waals surface area contributed by atoms with Crippen molar-refractivity contribution in [2.45, 2.75) is 4.90 Å². The van der Waals surface area contributed by atoms with Crippen molar-refractivity contribution >= 4 is 34.6 Å². The first-order valence-corrected chi connectivity index (χ1v) is 7.11. The van der Waals surface area contributed by atoms with Gasteiger partial charge in [-0.05, 0) is 36.2 Å². The SMILES string of the molecule is CNc1nc2ccccc2nc1NSc1ccccc1. The first-order chi connectivity index (χ1) is 9.86. The molecule has 20 heavy (non-hydrogen) atoms. The Balaban J connectivity index is 1.90. The predicted molar refractivity (Wildman–Crippen MR) is 85.0 cm³/mol. The molecular weight excluding hydrogens is 268 g/mol. The maximum atomic E-state index is 4.60. The highest BCUT2D eigenvalue weighted by molar-refractivity contribution is 8.00. The average Bonchev–Trinajstić information content (AvgIpc) is 2.53. The zero-order chi connectivity index (χ0) is 13.8. The molecule has 0 spiro atoms. The van der Waals surface area contributed by atoms with Gasteiger partial charge in [-0.15, -0.1) is 0 Å². The first-order valence-electron chi connectivity index (χ1n) is 6.29. The Morgan fingerprint density at radius 3 is 2.05 bits per heavy atom. The fourth-order valence-electron chi connectivity index (χ4n) is 1.84. The van der Waals surface area contributed by atoms with Crippen molar-refractivity contribution in [3.63, 3.8) is 0 Å². The third kappa shape index (κ3) is 2.67. The summed E-state index contributed by atoms with van der Waals surface area (Å²) >= 11 is 1.52. The highest BCUT2D eigenvalue weighted by Gasteiger charge is 2.07.